The fraction of sp³-hybridized carbons (Fsp3) is 0.917. The second kappa shape index (κ2) is 5.50. The lowest BCUT2D eigenvalue weighted by atomic mass is 9.79. The van der Waals surface area contributed by atoms with Crippen LogP contribution >= 0.6 is 0 Å². The summed E-state index contributed by atoms with van der Waals surface area (Å²) < 4.78 is 0. The number of hydrogen-bond donors (Lipinski definition) is 1. The molecule has 0 unspecified atom stereocenters. The fourth-order valence-corrected chi connectivity index (χ4v) is 2.34. The van der Waals surface area contributed by atoms with Crippen molar-refractivity contribution in [2.45, 2.75) is 51.0 Å². The first-order valence-corrected chi connectivity index (χ1v) is 6.06. The molecule has 1 aliphatic carbocycles. The SMILES string of the molecule is CCN(C)C(=O)CC1(NC)CCCCC1. The van der Waals surface area contributed by atoms with Gasteiger partial charge in [0.25, 0.3) is 0 Å². The molecule has 0 aromatic rings. The van der Waals surface area contributed by atoms with Crippen LogP contribution in [0.25, 0.3) is 0 Å². The van der Waals surface area contributed by atoms with Crippen molar-refractivity contribution in [2.24, 2.45) is 0 Å². The molecule has 0 bridgehead atoms. The topological polar surface area (TPSA) is 32.3 Å². The van der Waals surface area contributed by atoms with Crippen LogP contribution in [-0.4, -0.2) is 37.0 Å². The van der Waals surface area contributed by atoms with Gasteiger partial charge in [-0.2, -0.15) is 0 Å². The van der Waals surface area contributed by atoms with Gasteiger partial charge >= 0.3 is 0 Å². The molecule has 1 rings (SSSR count). The van der Waals surface area contributed by atoms with E-state index in [2.05, 4.69) is 5.32 Å². The quantitative estimate of drug-likeness (QED) is 0.770. The minimum absolute atomic E-state index is 0.0821. The monoisotopic (exact) mass is 212 g/mol. The zero-order valence-electron chi connectivity index (χ0n) is 10.3. The number of carbonyl (C=O) groups excluding carboxylic acids is 1. The summed E-state index contributed by atoms with van der Waals surface area (Å²) in [5, 5.41) is 3.38. The Balaban J connectivity index is 2.55. The Hall–Kier alpha value is -0.570. The van der Waals surface area contributed by atoms with Gasteiger partial charge in [0, 0.05) is 25.6 Å². The summed E-state index contributed by atoms with van der Waals surface area (Å²) in [5.41, 5.74) is 0.0821. The molecule has 0 aromatic carbocycles. The van der Waals surface area contributed by atoms with Crippen LogP contribution in [0.2, 0.25) is 0 Å². The predicted molar refractivity (Wildman–Crippen MR) is 62.8 cm³/mol. The Kier molecular flexibility index (Phi) is 4.58. The molecule has 0 atom stereocenters. The van der Waals surface area contributed by atoms with Crippen molar-refractivity contribution in [3.63, 3.8) is 0 Å². The number of hydrogen-bond acceptors (Lipinski definition) is 2. The Labute approximate surface area is 93.2 Å². The zero-order valence-corrected chi connectivity index (χ0v) is 10.3. The Morgan fingerprint density at radius 2 is 1.93 bits per heavy atom. The van der Waals surface area contributed by atoms with Gasteiger partial charge in [0.05, 0.1) is 0 Å². The number of rotatable bonds is 4. The van der Waals surface area contributed by atoms with Gasteiger partial charge in [0.1, 0.15) is 0 Å². The highest BCUT2D eigenvalue weighted by Crippen LogP contribution is 2.31. The molecule has 1 aliphatic rings. The number of nitrogens with zero attached hydrogens (tertiary/aromatic N) is 1. The highest BCUT2D eigenvalue weighted by Gasteiger charge is 2.33. The van der Waals surface area contributed by atoms with Crippen molar-refractivity contribution in [1.29, 1.82) is 0 Å². The van der Waals surface area contributed by atoms with Gasteiger partial charge in [-0.15, -0.1) is 0 Å². The van der Waals surface area contributed by atoms with Gasteiger partial charge in [0.2, 0.25) is 5.91 Å². The second-order valence-electron chi connectivity index (χ2n) is 4.68. The summed E-state index contributed by atoms with van der Waals surface area (Å²) in [7, 11) is 3.87. The lowest BCUT2D eigenvalue weighted by Crippen LogP contribution is -2.48. The van der Waals surface area contributed by atoms with E-state index in [1.54, 1.807) is 0 Å². The van der Waals surface area contributed by atoms with E-state index < -0.39 is 0 Å². The van der Waals surface area contributed by atoms with Gasteiger partial charge in [0.15, 0.2) is 0 Å². The largest absolute Gasteiger partial charge is 0.346 e. The Bertz CT molecular complexity index is 210. The molecule has 15 heavy (non-hydrogen) atoms. The standard InChI is InChI=1S/C12H24N2O/c1-4-14(3)11(15)10-12(13-2)8-6-5-7-9-12/h13H,4-10H2,1-3H3. The molecule has 0 spiro atoms. The van der Waals surface area contributed by atoms with E-state index in [0.29, 0.717) is 6.42 Å². The third kappa shape index (κ3) is 3.20. The summed E-state index contributed by atoms with van der Waals surface area (Å²) in [6.07, 6.45) is 6.78. The summed E-state index contributed by atoms with van der Waals surface area (Å²) in [4.78, 5) is 13.7. The van der Waals surface area contributed by atoms with Crippen LogP contribution < -0.4 is 5.32 Å². The smallest absolute Gasteiger partial charge is 0.224 e. The van der Waals surface area contributed by atoms with E-state index in [1.165, 1.54) is 19.3 Å². The highest BCUT2D eigenvalue weighted by molar-refractivity contribution is 5.77. The van der Waals surface area contributed by atoms with E-state index in [9.17, 15) is 4.79 Å². The summed E-state index contributed by atoms with van der Waals surface area (Å²) in [6.45, 7) is 2.82. The van der Waals surface area contributed by atoms with Crippen molar-refractivity contribution >= 4 is 5.91 Å². The first-order valence-electron chi connectivity index (χ1n) is 6.06. The molecule has 0 radical (unpaired) electrons. The van der Waals surface area contributed by atoms with Gasteiger partial charge in [-0.25, -0.2) is 0 Å². The predicted octanol–water partition coefficient (Wildman–Crippen LogP) is 1.78. The van der Waals surface area contributed by atoms with Gasteiger partial charge in [-0.05, 0) is 26.8 Å². The highest BCUT2D eigenvalue weighted by atomic mass is 16.2. The van der Waals surface area contributed by atoms with E-state index >= 15 is 0 Å². The first-order chi connectivity index (χ1) is 7.13. The molecule has 0 aromatic heterocycles. The maximum atomic E-state index is 11.9. The van der Waals surface area contributed by atoms with Crippen molar-refractivity contribution < 1.29 is 4.79 Å². The molecule has 1 N–H and O–H groups in total. The lowest BCUT2D eigenvalue weighted by molar-refractivity contribution is -0.131. The molecule has 3 nitrogen and oxygen atoms in total. The molecule has 1 saturated carbocycles. The van der Waals surface area contributed by atoms with Crippen LogP contribution in [0.5, 0.6) is 0 Å². The van der Waals surface area contributed by atoms with Crippen molar-refractivity contribution in [3.05, 3.63) is 0 Å². The van der Waals surface area contributed by atoms with Gasteiger partial charge < -0.3 is 10.2 Å². The molecule has 1 amide bonds. The van der Waals surface area contributed by atoms with E-state index in [-0.39, 0.29) is 11.4 Å². The maximum absolute atomic E-state index is 11.9. The number of amides is 1. The van der Waals surface area contributed by atoms with Crippen LogP contribution in [0.15, 0.2) is 0 Å². The van der Waals surface area contributed by atoms with Crippen LogP contribution in [0.3, 0.4) is 0 Å². The third-order valence-corrected chi connectivity index (χ3v) is 3.73. The molecule has 0 saturated heterocycles. The Morgan fingerprint density at radius 3 is 2.40 bits per heavy atom. The molecular weight excluding hydrogens is 188 g/mol. The average Bonchev–Trinajstić information content (AvgIpc) is 2.29. The van der Waals surface area contributed by atoms with E-state index in [1.807, 2.05) is 25.9 Å². The minimum atomic E-state index is 0.0821. The Morgan fingerprint density at radius 1 is 1.33 bits per heavy atom. The van der Waals surface area contributed by atoms with Crippen LogP contribution in [0, 0.1) is 0 Å². The van der Waals surface area contributed by atoms with Crippen LogP contribution in [0.1, 0.15) is 45.4 Å². The molecule has 3 heteroatoms. The molecule has 0 aliphatic heterocycles. The summed E-state index contributed by atoms with van der Waals surface area (Å²) in [5.74, 6) is 0.272. The fourth-order valence-electron chi connectivity index (χ4n) is 2.34. The maximum Gasteiger partial charge on any atom is 0.224 e. The van der Waals surface area contributed by atoms with Crippen molar-refractivity contribution in [2.75, 3.05) is 20.6 Å². The van der Waals surface area contributed by atoms with Gasteiger partial charge in [-0.3, -0.25) is 4.79 Å². The van der Waals surface area contributed by atoms with E-state index in [0.717, 1.165) is 19.4 Å². The number of carbonyl (C=O) groups is 1. The lowest BCUT2D eigenvalue weighted by Gasteiger charge is -2.37. The zero-order chi connectivity index (χ0) is 11.3. The minimum Gasteiger partial charge on any atom is -0.346 e. The molecule has 88 valence electrons. The number of nitrogens with one attached hydrogen (secondary N) is 1. The van der Waals surface area contributed by atoms with Crippen LogP contribution in [0.4, 0.5) is 0 Å². The normalized spacial score (nSPS) is 19.9. The average molecular weight is 212 g/mol. The van der Waals surface area contributed by atoms with E-state index in [4.69, 9.17) is 0 Å². The molecule has 0 heterocycles. The second-order valence-corrected chi connectivity index (χ2v) is 4.68. The first kappa shape index (κ1) is 12.5. The summed E-state index contributed by atoms with van der Waals surface area (Å²) >= 11 is 0. The van der Waals surface area contributed by atoms with Gasteiger partial charge in [-0.1, -0.05) is 19.3 Å². The van der Waals surface area contributed by atoms with Crippen molar-refractivity contribution in [3.8, 4) is 0 Å². The third-order valence-electron chi connectivity index (χ3n) is 3.73. The molecular formula is C12H24N2O. The van der Waals surface area contributed by atoms with Crippen LogP contribution in [-0.2, 0) is 4.79 Å². The molecule has 1 fully saturated rings. The summed E-state index contributed by atoms with van der Waals surface area (Å²) in [6, 6.07) is 0. The van der Waals surface area contributed by atoms with Crippen molar-refractivity contribution in [1.82, 2.24) is 10.2 Å².